The zero-order valence-corrected chi connectivity index (χ0v) is 10.1. The fourth-order valence-corrected chi connectivity index (χ4v) is 0.869. The molecule has 0 saturated carbocycles. The van der Waals surface area contributed by atoms with E-state index < -0.39 is 6.03 Å². The highest BCUT2D eigenvalue weighted by atomic mass is 127. The molecule has 0 bridgehead atoms. The number of imide groups is 1. The summed E-state index contributed by atoms with van der Waals surface area (Å²) in [5.74, 6) is 0.295. The summed E-state index contributed by atoms with van der Waals surface area (Å²) < 4.78 is 0.301. The second-order valence-corrected chi connectivity index (χ2v) is 3.88. The van der Waals surface area contributed by atoms with Crippen molar-refractivity contribution in [1.29, 1.82) is 0 Å². The maximum atomic E-state index is 10.9. The first-order valence-electron chi connectivity index (χ1n) is 4.20. The lowest BCUT2D eigenvalue weighted by Gasteiger charge is -2.06. The maximum absolute atomic E-state index is 10.9. The van der Waals surface area contributed by atoms with Crippen LogP contribution in [0.1, 0.15) is 20.3 Å². The minimum atomic E-state index is -0.401. The van der Waals surface area contributed by atoms with Crippen molar-refractivity contribution < 1.29 is 9.59 Å². The van der Waals surface area contributed by atoms with Gasteiger partial charge in [0.2, 0.25) is 5.91 Å². The Morgan fingerprint density at radius 3 is 2.46 bits per heavy atom. The van der Waals surface area contributed by atoms with Crippen LogP contribution in [0.5, 0.6) is 0 Å². The van der Waals surface area contributed by atoms with Crippen molar-refractivity contribution in [1.82, 2.24) is 10.6 Å². The van der Waals surface area contributed by atoms with E-state index in [1.165, 1.54) is 0 Å². The highest BCUT2D eigenvalue weighted by molar-refractivity contribution is 14.1. The number of alkyl halides is 1. The van der Waals surface area contributed by atoms with E-state index in [1.54, 1.807) is 0 Å². The molecule has 0 fully saturated rings. The van der Waals surface area contributed by atoms with Crippen LogP contribution in [0.25, 0.3) is 0 Å². The molecule has 0 heterocycles. The molecule has 0 radical (unpaired) electrons. The van der Waals surface area contributed by atoms with Gasteiger partial charge in [-0.1, -0.05) is 36.4 Å². The van der Waals surface area contributed by atoms with Crippen molar-refractivity contribution in [3.8, 4) is 0 Å². The topological polar surface area (TPSA) is 58.2 Å². The summed E-state index contributed by atoms with van der Waals surface area (Å²) in [4.78, 5) is 21.7. The van der Waals surface area contributed by atoms with Gasteiger partial charge in [-0.15, -0.1) is 0 Å². The standard InChI is InChI=1S/C8H15IN2O2/c1-6(2)3-4-10-8(13)11-7(12)5-9/h6H,3-5H2,1-2H3,(H2,10,11,12,13). The molecule has 0 aliphatic heterocycles. The average molecular weight is 298 g/mol. The highest BCUT2D eigenvalue weighted by Gasteiger charge is 2.04. The fraction of sp³-hybridized carbons (Fsp3) is 0.750. The molecule has 4 nitrogen and oxygen atoms in total. The minimum absolute atomic E-state index is 0.261. The van der Waals surface area contributed by atoms with E-state index in [1.807, 2.05) is 22.6 Å². The number of hydrogen-bond acceptors (Lipinski definition) is 2. The van der Waals surface area contributed by atoms with E-state index in [2.05, 4.69) is 24.5 Å². The van der Waals surface area contributed by atoms with Gasteiger partial charge in [0.15, 0.2) is 0 Å². The van der Waals surface area contributed by atoms with Crippen molar-refractivity contribution in [3.05, 3.63) is 0 Å². The molecular weight excluding hydrogens is 283 g/mol. The third-order valence-corrected chi connectivity index (χ3v) is 2.07. The van der Waals surface area contributed by atoms with Gasteiger partial charge in [0, 0.05) is 6.54 Å². The third-order valence-electron chi connectivity index (χ3n) is 1.38. The summed E-state index contributed by atoms with van der Waals surface area (Å²) in [6, 6.07) is -0.401. The van der Waals surface area contributed by atoms with Crippen LogP contribution in [0.15, 0.2) is 0 Å². The predicted molar refractivity (Wildman–Crippen MR) is 59.9 cm³/mol. The van der Waals surface area contributed by atoms with Crippen molar-refractivity contribution in [2.24, 2.45) is 5.92 Å². The van der Waals surface area contributed by atoms with Gasteiger partial charge in [0.1, 0.15) is 0 Å². The van der Waals surface area contributed by atoms with Gasteiger partial charge >= 0.3 is 6.03 Å². The first-order valence-corrected chi connectivity index (χ1v) is 5.72. The second kappa shape index (κ2) is 7.11. The summed E-state index contributed by atoms with van der Waals surface area (Å²) in [5, 5.41) is 4.81. The first-order chi connectivity index (χ1) is 6.06. The second-order valence-electron chi connectivity index (χ2n) is 3.12. The molecular formula is C8H15IN2O2. The Hall–Kier alpha value is -0.330. The van der Waals surface area contributed by atoms with Crippen LogP contribution in [0.3, 0.4) is 0 Å². The van der Waals surface area contributed by atoms with Crippen LogP contribution in [0.4, 0.5) is 4.79 Å². The first kappa shape index (κ1) is 12.7. The molecule has 5 heteroatoms. The molecule has 0 aliphatic carbocycles. The lowest BCUT2D eigenvalue weighted by atomic mass is 10.1. The van der Waals surface area contributed by atoms with E-state index in [4.69, 9.17) is 0 Å². The zero-order valence-electron chi connectivity index (χ0n) is 7.89. The van der Waals surface area contributed by atoms with E-state index in [0.29, 0.717) is 16.9 Å². The molecule has 0 saturated heterocycles. The number of rotatable bonds is 4. The molecule has 13 heavy (non-hydrogen) atoms. The summed E-state index contributed by atoms with van der Waals surface area (Å²) in [6.07, 6.45) is 0.922. The molecule has 0 aliphatic rings. The molecule has 0 aromatic heterocycles. The quantitative estimate of drug-likeness (QED) is 0.607. The Morgan fingerprint density at radius 2 is 2.00 bits per heavy atom. The lowest BCUT2D eigenvalue weighted by molar-refractivity contribution is -0.117. The van der Waals surface area contributed by atoms with Crippen molar-refractivity contribution in [2.75, 3.05) is 11.0 Å². The van der Waals surface area contributed by atoms with Crippen LogP contribution in [0, 0.1) is 5.92 Å². The average Bonchev–Trinajstić information content (AvgIpc) is 2.03. The number of carbonyl (C=O) groups excluding carboxylic acids is 2. The fourth-order valence-electron chi connectivity index (χ4n) is 0.679. The monoisotopic (exact) mass is 298 g/mol. The Balaban J connectivity index is 3.46. The van der Waals surface area contributed by atoms with Crippen molar-refractivity contribution in [2.45, 2.75) is 20.3 Å². The Bertz CT molecular complexity index is 183. The van der Waals surface area contributed by atoms with Gasteiger partial charge in [-0.05, 0) is 12.3 Å². The van der Waals surface area contributed by atoms with Gasteiger partial charge in [0.05, 0.1) is 4.43 Å². The Kier molecular flexibility index (Phi) is 6.93. The third kappa shape index (κ3) is 8.01. The zero-order chi connectivity index (χ0) is 10.3. The number of halogens is 1. The molecule has 0 aromatic carbocycles. The van der Waals surface area contributed by atoms with Crippen LogP contribution < -0.4 is 10.6 Å². The van der Waals surface area contributed by atoms with Gasteiger partial charge in [0.25, 0.3) is 0 Å². The van der Waals surface area contributed by atoms with Gasteiger partial charge in [-0.3, -0.25) is 10.1 Å². The normalized spacial score (nSPS) is 9.85. The largest absolute Gasteiger partial charge is 0.338 e. The lowest BCUT2D eigenvalue weighted by Crippen LogP contribution is -2.40. The van der Waals surface area contributed by atoms with Crippen LogP contribution in [0.2, 0.25) is 0 Å². The predicted octanol–water partition coefficient (Wildman–Crippen LogP) is 1.29. The number of amides is 3. The number of hydrogen-bond donors (Lipinski definition) is 2. The van der Waals surface area contributed by atoms with Gasteiger partial charge in [-0.25, -0.2) is 4.79 Å². The summed E-state index contributed by atoms with van der Waals surface area (Å²) in [6.45, 7) is 4.77. The summed E-state index contributed by atoms with van der Waals surface area (Å²) in [5.41, 5.74) is 0. The smallest absolute Gasteiger partial charge is 0.321 e. The van der Waals surface area contributed by atoms with E-state index in [-0.39, 0.29) is 5.91 Å². The summed E-state index contributed by atoms with van der Waals surface area (Å²) in [7, 11) is 0. The van der Waals surface area contributed by atoms with Crippen LogP contribution >= 0.6 is 22.6 Å². The molecule has 76 valence electrons. The SMILES string of the molecule is CC(C)CCNC(=O)NC(=O)CI. The minimum Gasteiger partial charge on any atom is -0.338 e. The molecule has 2 N–H and O–H groups in total. The Labute approximate surface area is 92.0 Å². The number of nitrogens with one attached hydrogen (secondary N) is 2. The molecule has 3 amide bonds. The molecule has 0 rings (SSSR count). The Morgan fingerprint density at radius 1 is 1.38 bits per heavy atom. The molecule has 0 unspecified atom stereocenters. The van der Waals surface area contributed by atoms with Gasteiger partial charge in [-0.2, -0.15) is 0 Å². The van der Waals surface area contributed by atoms with Gasteiger partial charge < -0.3 is 5.32 Å². The highest BCUT2D eigenvalue weighted by Crippen LogP contribution is 1.95. The number of carbonyl (C=O) groups is 2. The molecule has 0 atom stereocenters. The van der Waals surface area contributed by atoms with Crippen LogP contribution in [-0.4, -0.2) is 22.9 Å². The molecule has 0 spiro atoms. The van der Waals surface area contributed by atoms with Crippen molar-refractivity contribution >= 4 is 34.5 Å². The van der Waals surface area contributed by atoms with Crippen LogP contribution in [-0.2, 0) is 4.79 Å². The van der Waals surface area contributed by atoms with E-state index >= 15 is 0 Å². The molecule has 0 aromatic rings. The summed E-state index contributed by atoms with van der Waals surface area (Å²) >= 11 is 1.90. The van der Waals surface area contributed by atoms with Crippen molar-refractivity contribution in [3.63, 3.8) is 0 Å². The van der Waals surface area contributed by atoms with E-state index in [9.17, 15) is 9.59 Å². The maximum Gasteiger partial charge on any atom is 0.321 e. The number of urea groups is 1. The van der Waals surface area contributed by atoms with E-state index in [0.717, 1.165) is 6.42 Å².